The van der Waals surface area contributed by atoms with Crippen molar-refractivity contribution in [1.82, 2.24) is 4.98 Å². The summed E-state index contributed by atoms with van der Waals surface area (Å²) in [7, 11) is 0. The molecule has 1 fully saturated rings. The number of rotatable bonds is 4. The number of hydrogen-bond donors (Lipinski definition) is 0. The van der Waals surface area contributed by atoms with Gasteiger partial charge in [-0.05, 0) is 38.3 Å². The Balaban J connectivity index is 1.55. The molecule has 2 aliphatic heterocycles. The molecule has 3 heterocycles. The average Bonchev–Trinajstić information content (AvgIpc) is 2.55. The fourth-order valence-electron chi connectivity index (χ4n) is 2.79. The summed E-state index contributed by atoms with van der Waals surface area (Å²) in [6.45, 7) is 3.40. The molecule has 5 nitrogen and oxygen atoms in total. The highest BCUT2D eigenvalue weighted by molar-refractivity contribution is 8.00. The third-order valence-electron chi connectivity index (χ3n) is 3.90. The Kier molecular flexibility index (Phi) is 5.20. The number of hydrogen-bond acceptors (Lipinski definition) is 5. The van der Waals surface area contributed by atoms with Crippen LogP contribution in [0.1, 0.15) is 26.2 Å². The largest absolute Gasteiger partial charge is 0.471 e. The molecule has 3 rings (SSSR count). The van der Waals surface area contributed by atoms with Crippen LogP contribution in [0.25, 0.3) is 0 Å². The molecule has 2 atom stereocenters. The lowest BCUT2D eigenvalue weighted by molar-refractivity contribution is -0.116. The summed E-state index contributed by atoms with van der Waals surface area (Å²) in [4.78, 5) is 18.5. The van der Waals surface area contributed by atoms with Gasteiger partial charge in [0.2, 0.25) is 11.8 Å². The van der Waals surface area contributed by atoms with Gasteiger partial charge in [0.15, 0.2) is 0 Å². The molecule has 0 bridgehead atoms. The van der Waals surface area contributed by atoms with Crippen LogP contribution in [0.4, 0.5) is 5.69 Å². The number of fused-ring (bicyclic) bond motifs is 1. The normalized spacial score (nSPS) is 24.5. The van der Waals surface area contributed by atoms with Gasteiger partial charge in [0.1, 0.15) is 11.8 Å². The predicted molar refractivity (Wildman–Crippen MR) is 87.6 cm³/mol. The first-order valence-electron chi connectivity index (χ1n) is 7.85. The molecule has 2 aliphatic rings. The molecule has 22 heavy (non-hydrogen) atoms. The molecular weight excluding hydrogens is 300 g/mol. The van der Waals surface area contributed by atoms with E-state index in [-0.39, 0.29) is 12.0 Å². The highest BCUT2D eigenvalue weighted by Crippen LogP contribution is 2.31. The zero-order valence-corrected chi connectivity index (χ0v) is 13.7. The average molecular weight is 322 g/mol. The van der Waals surface area contributed by atoms with Crippen molar-refractivity contribution in [3.05, 3.63) is 18.3 Å². The van der Waals surface area contributed by atoms with Gasteiger partial charge in [-0.15, -0.1) is 11.8 Å². The van der Waals surface area contributed by atoms with Crippen LogP contribution in [0, 0.1) is 0 Å². The summed E-state index contributed by atoms with van der Waals surface area (Å²) in [6.07, 6.45) is 5.48. The minimum atomic E-state index is -0.0296. The van der Waals surface area contributed by atoms with Crippen molar-refractivity contribution in [2.45, 2.75) is 38.4 Å². The fraction of sp³-hybridized carbons (Fsp3) is 0.625. The van der Waals surface area contributed by atoms with E-state index in [0.717, 1.165) is 30.9 Å². The molecule has 0 aliphatic carbocycles. The van der Waals surface area contributed by atoms with E-state index in [0.29, 0.717) is 24.3 Å². The smallest absolute Gasteiger partial charge is 0.238 e. The van der Waals surface area contributed by atoms with Crippen molar-refractivity contribution in [2.24, 2.45) is 0 Å². The minimum Gasteiger partial charge on any atom is -0.471 e. The Morgan fingerprint density at radius 3 is 3.23 bits per heavy atom. The second-order valence-electron chi connectivity index (χ2n) is 5.76. The Labute approximate surface area is 135 Å². The summed E-state index contributed by atoms with van der Waals surface area (Å²) in [6, 6.07) is 3.72. The molecule has 1 amide bonds. The molecular formula is C16H22N2O3S. The van der Waals surface area contributed by atoms with Crippen LogP contribution in [0.2, 0.25) is 0 Å². The summed E-state index contributed by atoms with van der Waals surface area (Å²) in [5, 5.41) is 0. The molecule has 6 heteroatoms. The Morgan fingerprint density at radius 2 is 2.41 bits per heavy atom. The third kappa shape index (κ3) is 3.73. The van der Waals surface area contributed by atoms with Crippen LogP contribution >= 0.6 is 11.8 Å². The number of aromatic nitrogens is 1. The van der Waals surface area contributed by atoms with Gasteiger partial charge in [0, 0.05) is 18.6 Å². The van der Waals surface area contributed by atoms with Crippen LogP contribution in [-0.2, 0) is 9.53 Å². The molecule has 1 aromatic heterocycles. The number of thioether (sulfide) groups is 1. The number of pyridine rings is 1. The molecule has 0 spiro atoms. The second kappa shape index (κ2) is 7.33. The molecule has 0 radical (unpaired) electrons. The number of carbonyl (C=O) groups is 1. The monoisotopic (exact) mass is 322 g/mol. The van der Waals surface area contributed by atoms with Gasteiger partial charge in [-0.3, -0.25) is 4.79 Å². The summed E-state index contributed by atoms with van der Waals surface area (Å²) in [5.41, 5.74) is 0.778. The summed E-state index contributed by atoms with van der Waals surface area (Å²) >= 11 is 1.66. The van der Waals surface area contributed by atoms with Crippen LogP contribution in [0.3, 0.4) is 0 Å². The van der Waals surface area contributed by atoms with Crippen molar-refractivity contribution >= 4 is 23.4 Å². The summed E-state index contributed by atoms with van der Waals surface area (Å²) < 4.78 is 11.4. The van der Waals surface area contributed by atoms with Gasteiger partial charge in [0.25, 0.3) is 0 Å². The second-order valence-corrected chi connectivity index (χ2v) is 6.79. The lowest BCUT2D eigenvalue weighted by Crippen LogP contribution is -2.43. The Bertz CT molecular complexity index is 520. The molecule has 2 unspecified atom stereocenters. The maximum absolute atomic E-state index is 12.5. The van der Waals surface area contributed by atoms with Crippen molar-refractivity contribution < 1.29 is 14.3 Å². The van der Waals surface area contributed by atoms with E-state index in [1.165, 1.54) is 6.42 Å². The van der Waals surface area contributed by atoms with Gasteiger partial charge in [-0.2, -0.15) is 0 Å². The van der Waals surface area contributed by atoms with E-state index < -0.39 is 0 Å². The Hall–Kier alpha value is -1.27. The van der Waals surface area contributed by atoms with Crippen molar-refractivity contribution in [1.29, 1.82) is 0 Å². The molecule has 120 valence electrons. The maximum atomic E-state index is 12.5. The van der Waals surface area contributed by atoms with E-state index in [1.54, 1.807) is 22.9 Å². The van der Waals surface area contributed by atoms with E-state index in [4.69, 9.17) is 9.47 Å². The van der Waals surface area contributed by atoms with E-state index in [2.05, 4.69) is 4.98 Å². The molecule has 0 N–H and O–H groups in total. The van der Waals surface area contributed by atoms with Crippen LogP contribution in [-0.4, -0.2) is 47.8 Å². The first kappa shape index (κ1) is 15.6. The van der Waals surface area contributed by atoms with Gasteiger partial charge in [-0.1, -0.05) is 0 Å². The number of nitrogens with zero attached hydrogens (tertiary/aromatic N) is 2. The molecule has 0 aromatic carbocycles. The van der Waals surface area contributed by atoms with Crippen molar-refractivity contribution in [2.75, 3.05) is 29.6 Å². The molecule has 1 saturated heterocycles. The first-order valence-corrected chi connectivity index (χ1v) is 9.01. The molecule has 1 aromatic rings. The van der Waals surface area contributed by atoms with Crippen LogP contribution < -0.4 is 9.64 Å². The fourth-order valence-corrected chi connectivity index (χ4v) is 3.77. The Morgan fingerprint density at radius 1 is 1.50 bits per heavy atom. The van der Waals surface area contributed by atoms with Gasteiger partial charge in [0.05, 0.1) is 18.4 Å². The van der Waals surface area contributed by atoms with Gasteiger partial charge < -0.3 is 14.4 Å². The lowest BCUT2D eigenvalue weighted by atomic mass is 10.1. The predicted octanol–water partition coefficient (Wildman–Crippen LogP) is 2.50. The highest BCUT2D eigenvalue weighted by atomic mass is 32.2. The number of ether oxygens (including phenoxy) is 2. The van der Waals surface area contributed by atoms with Gasteiger partial charge >= 0.3 is 0 Å². The first-order chi connectivity index (χ1) is 10.7. The zero-order valence-electron chi connectivity index (χ0n) is 12.9. The number of anilines is 1. The van der Waals surface area contributed by atoms with E-state index in [9.17, 15) is 4.79 Å². The van der Waals surface area contributed by atoms with Crippen LogP contribution in [0.5, 0.6) is 5.88 Å². The molecule has 0 saturated carbocycles. The minimum absolute atomic E-state index is 0.0296. The lowest BCUT2D eigenvalue weighted by Gasteiger charge is -2.32. The third-order valence-corrected chi connectivity index (χ3v) is 4.96. The van der Waals surface area contributed by atoms with Gasteiger partial charge in [-0.25, -0.2) is 4.98 Å². The van der Waals surface area contributed by atoms with Crippen molar-refractivity contribution in [3.8, 4) is 5.88 Å². The quantitative estimate of drug-likeness (QED) is 0.852. The summed E-state index contributed by atoms with van der Waals surface area (Å²) in [5.74, 6) is 2.03. The zero-order chi connectivity index (χ0) is 15.4. The van der Waals surface area contributed by atoms with E-state index >= 15 is 0 Å². The van der Waals surface area contributed by atoms with Crippen LogP contribution in [0.15, 0.2) is 18.3 Å². The number of carbonyl (C=O) groups excluding carboxylic acids is 1. The SMILES string of the molecule is CC1CN(C(=O)CSCC2CCCCO2)c2cccnc2O1. The van der Waals surface area contributed by atoms with Crippen molar-refractivity contribution in [3.63, 3.8) is 0 Å². The topological polar surface area (TPSA) is 51.7 Å². The maximum Gasteiger partial charge on any atom is 0.238 e. The van der Waals surface area contributed by atoms with E-state index in [1.807, 2.05) is 19.1 Å². The number of amides is 1. The highest BCUT2D eigenvalue weighted by Gasteiger charge is 2.28. The standard InChI is InChI=1S/C16H22N2O3S/c1-12-9-18(14-6-4-7-17-16(14)21-12)15(19)11-22-10-13-5-2-3-8-20-13/h4,6-7,12-13H,2-3,5,8-11H2,1H3.